The predicted octanol–water partition coefficient (Wildman–Crippen LogP) is 3.90. The van der Waals surface area contributed by atoms with Gasteiger partial charge in [0.2, 0.25) is 5.82 Å². The number of para-hydroxylation sites is 2. The van der Waals surface area contributed by atoms with E-state index >= 15 is 0 Å². The number of H-pyrrole nitrogens is 1. The maximum atomic E-state index is 14.1. The zero-order chi connectivity index (χ0) is 27.5. The van der Waals surface area contributed by atoms with Gasteiger partial charge in [0.15, 0.2) is 0 Å². The van der Waals surface area contributed by atoms with E-state index in [1.807, 2.05) is 28.8 Å². The molecular formula is C31H40N6O3. The van der Waals surface area contributed by atoms with Gasteiger partial charge in [0.1, 0.15) is 6.20 Å². The quantitative estimate of drug-likeness (QED) is 0.534. The summed E-state index contributed by atoms with van der Waals surface area (Å²) in [4.78, 5) is 48.0. The molecule has 4 bridgehead atoms. The van der Waals surface area contributed by atoms with E-state index in [-0.39, 0.29) is 17.4 Å². The van der Waals surface area contributed by atoms with Crippen LogP contribution in [0.4, 0.5) is 0 Å². The molecule has 40 heavy (non-hydrogen) atoms. The molecule has 3 aromatic rings. The Kier molecular flexibility index (Phi) is 6.52. The van der Waals surface area contributed by atoms with Crippen LogP contribution in [0.1, 0.15) is 77.7 Å². The zero-order valence-corrected chi connectivity index (χ0v) is 23.5. The third-order valence-electron chi connectivity index (χ3n) is 10.7. The molecule has 2 saturated heterocycles. The molecule has 4 heterocycles. The first-order valence-corrected chi connectivity index (χ1v) is 15.3. The van der Waals surface area contributed by atoms with Gasteiger partial charge in [-0.25, -0.2) is 9.78 Å². The third-order valence-corrected chi connectivity index (χ3v) is 10.7. The van der Waals surface area contributed by atoms with Crippen LogP contribution < -0.4 is 16.8 Å². The van der Waals surface area contributed by atoms with E-state index in [1.54, 1.807) is 0 Å². The normalized spacial score (nSPS) is 34.1. The second-order valence-electron chi connectivity index (χ2n) is 13.3. The van der Waals surface area contributed by atoms with E-state index in [2.05, 4.69) is 33.8 Å². The number of aromatic amines is 1. The first-order chi connectivity index (χ1) is 19.4. The van der Waals surface area contributed by atoms with Crippen molar-refractivity contribution in [1.82, 2.24) is 29.2 Å². The van der Waals surface area contributed by atoms with Crippen molar-refractivity contribution >= 4 is 11.0 Å². The highest BCUT2D eigenvalue weighted by molar-refractivity contribution is 5.75. The van der Waals surface area contributed by atoms with E-state index in [0.29, 0.717) is 29.4 Å². The van der Waals surface area contributed by atoms with Crippen LogP contribution in [0.2, 0.25) is 0 Å². The lowest BCUT2D eigenvalue weighted by molar-refractivity contribution is -0.0591. The molecule has 9 nitrogen and oxygen atoms in total. The number of piperidine rings is 2. The largest absolute Gasteiger partial charge is 0.351 e. The molecule has 4 aliphatic rings. The first-order valence-electron chi connectivity index (χ1n) is 15.3. The summed E-state index contributed by atoms with van der Waals surface area (Å²) in [5, 5.41) is 3.96. The number of rotatable bonds is 4. The number of hydrogen-bond donors (Lipinski definition) is 1. The van der Waals surface area contributed by atoms with Crippen molar-refractivity contribution in [3.05, 3.63) is 61.7 Å². The molecule has 2 aromatic heterocycles. The Balaban J connectivity index is 1.26. The van der Waals surface area contributed by atoms with E-state index in [0.717, 1.165) is 47.0 Å². The van der Waals surface area contributed by atoms with Gasteiger partial charge in [0.05, 0.1) is 11.0 Å². The monoisotopic (exact) mass is 544 g/mol. The Morgan fingerprint density at radius 2 is 1.60 bits per heavy atom. The minimum atomic E-state index is -0.759. The summed E-state index contributed by atoms with van der Waals surface area (Å²) in [5.41, 5.74) is -0.278. The number of benzene rings is 1. The fraction of sp³-hybridized carbons (Fsp3) is 0.645. The van der Waals surface area contributed by atoms with Crippen molar-refractivity contribution in [3.8, 4) is 5.82 Å². The molecule has 0 unspecified atom stereocenters. The Morgan fingerprint density at radius 1 is 0.900 bits per heavy atom. The number of fused-ring (bicyclic) bond motifs is 5. The lowest BCUT2D eigenvalue weighted by Gasteiger charge is -2.56. The number of aromatic nitrogens is 5. The van der Waals surface area contributed by atoms with Crippen LogP contribution in [0.5, 0.6) is 0 Å². The Bertz CT molecular complexity index is 1560. The Morgan fingerprint density at radius 3 is 2.30 bits per heavy atom. The Hall–Kier alpha value is -3.07. The topological polar surface area (TPSA) is 106 Å². The van der Waals surface area contributed by atoms with Gasteiger partial charge in [0, 0.05) is 24.7 Å². The lowest BCUT2D eigenvalue weighted by Crippen LogP contribution is -2.60. The third kappa shape index (κ3) is 4.46. The highest BCUT2D eigenvalue weighted by atomic mass is 16.2. The van der Waals surface area contributed by atoms with Crippen LogP contribution in [0.25, 0.3) is 16.9 Å². The van der Waals surface area contributed by atoms with Crippen molar-refractivity contribution in [2.24, 2.45) is 29.6 Å². The van der Waals surface area contributed by atoms with Crippen LogP contribution in [-0.2, 0) is 0 Å². The molecular weight excluding hydrogens is 504 g/mol. The van der Waals surface area contributed by atoms with Gasteiger partial charge in [-0.2, -0.15) is 9.78 Å². The SMILES string of the molecule is C[C@@H]1C[C@H](C)[C@H]2C[C@@H](n3c(=O)c(-n4ncc(=O)[nH]c4=O)nc4ccccc43)C[C@@H]1N2CC1C[C@@H]2CCC[C@@H](C1)C2. The van der Waals surface area contributed by atoms with Crippen molar-refractivity contribution in [1.29, 1.82) is 0 Å². The molecule has 212 valence electrons. The summed E-state index contributed by atoms with van der Waals surface area (Å²) in [6, 6.07) is 8.50. The van der Waals surface area contributed by atoms with Crippen LogP contribution in [0.3, 0.4) is 0 Å². The fourth-order valence-corrected chi connectivity index (χ4v) is 9.13. The molecule has 0 radical (unpaired) electrons. The molecule has 0 amide bonds. The molecule has 7 rings (SSSR count). The average Bonchev–Trinajstić information content (AvgIpc) is 2.92. The summed E-state index contributed by atoms with van der Waals surface area (Å²) in [5.74, 6) is 3.69. The number of hydrogen-bond acceptors (Lipinski definition) is 6. The molecule has 0 spiro atoms. The summed E-state index contributed by atoms with van der Waals surface area (Å²) in [7, 11) is 0. The Labute approximate surface area is 233 Å². The summed E-state index contributed by atoms with van der Waals surface area (Å²) < 4.78 is 2.80. The van der Waals surface area contributed by atoms with Gasteiger partial charge >= 0.3 is 5.69 Å². The molecule has 9 heteroatoms. The molecule has 7 atom stereocenters. The fourth-order valence-electron chi connectivity index (χ4n) is 9.13. The van der Waals surface area contributed by atoms with Gasteiger partial charge in [0.25, 0.3) is 11.1 Å². The highest BCUT2D eigenvalue weighted by Gasteiger charge is 2.47. The standard InChI is InChI=1S/C31H40N6O3/c1-18-10-19(2)27-15-23(14-26(18)35(27)17-22-12-20-6-5-7-21(11-20)13-22)36-25-9-4-3-8-24(25)33-29(30(36)39)37-31(40)34-28(38)16-32-37/h3-4,8-9,16,18-23,26-27H,5-7,10-15,17H2,1-2H3,(H,34,38,40)/t18-,19+,20-,21-,23+,26+,27-/m1/s1. The maximum absolute atomic E-state index is 14.1. The van der Waals surface area contributed by atoms with Crippen LogP contribution >= 0.6 is 0 Å². The second kappa shape index (κ2) is 10.1. The summed E-state index contributed by atoms with van der Waals surface area (Å²) in [6.45, 7) is 5.98. The van der Waals surface area contributed by atoms with Gasteiger partial charge < -0.3 is 4.57 Å². The second-order valence-corrected chi connectivity index (χ2v) is 13.3. The van der Waals surface area contributed by atoms with Crippen molar-refractivity contribution in [3.63, 3.8) is 0 Å². The molecule has 2 aliphatic carbocycles. The molecule has 2 saturated carbocycles. The van der Waals surface area contributed by atoms with E-state index in [1.165, 1.54) is 51.5 Å². The molecule has 2 aliphatic heterocycles. The van der Waals surface area contributed by atoms with Gasteiger partial charge in [-0.1, -0.05) is 45.2 Å². The van der Waals surface area contributed by atoms with E-state index < -0.39 is 11.2 Å². The van der Waals surface area contributed by atoms with E-state index in [4.69, 9.17) is 0 Å². The van der Waals surface area contributed by atoms with Crippen molar-refractivity contribution in [2.75, 3.05) is 6.54 Å². The summed E-state index contributed by atoms with van der Waals surface area (Å²) >= 11 is 0. The van der Waals surface area contributed by atoms with Crippen LogP contribution in [0, 0.1) is 29.6 Å². The van der Waals surface area contributed by atoms with Gasteiger partial charge in [-0.3, -0.25) is 19.5 Å². The minimum Gasteiger partial charge on any atom is -0.300 e. The number of nitrogens with zero attached hydrogens (tertiary/aromatic N) is 5. The van der Waals surface area contributed by atoms with Gasteiger partial charge in [-0.15, -0.1) is 0 Å². The average molecular weight is 545 g/mol. The van der Waals surface area contributed by atoms with Gasteiger partial charge in [-0.05, 0) is 80.2 Å². The zero-order valence-electron chi connectivity index (χ0n) is 23.5. The van der Waals surface area contributed by atoms with Crippen LogP contribution in [-0.4, -0.2) is 47.8 Å². The predicted molar refractivity (Wildman–Crippen MR) is 154 cm³/mol. The van der Waals surface area contributed by atoms with Crippen LogP contribution in [0.15, 0.2) is 44.8 Å². The first kappa shape index (κ1) is 25.9. The highest BCUT2D eigenvalue weighted by Crippen LogP contribution is 2.48. The molecule has 1 aromatic carbocycles. The maximum Gasteiger partial charge on any atom is 0.351 e. The van der Waals surface area contributed by atoms with E-state index in [9.17, 15) is 14.4 Å². The number of nitrogens with one attached hydrogen (secondary N) is 1. The van der Waals surface area contributed by atoms with Crippen molar-refractivity contribution < 1.29 is 0 Å². The minimum absolute atomic E-state index is 0.000185. The molecule has 4 fully saturated rings. The lowest BCUT2D eigenvalue weighted by atomic mass is 9.66. The summed E-state index contributed by atoms with van der Waals surface area (Å²) in [6.07, 6.45) is 12.5. The smallest absolute Gasteiger partial charge is 0.300 e. The van der Waals surface area contributed by atoms with Crippen molar-refractivity contribution in [2.45, 2.75) is 89.8 Å². The molecule has 1 N–H and O–H groups in total.